The van der Waals surface area contributed by atoms with Gasteiger partial charge in [0.15, 0.2) is 0 Å². The third-order valence-corrected chi connectivity index (χ3v) is 3.20. The van der Waals surface area contributed by atoms with Crippen LogP contribution in [0.25, 0.3) is 0 Å². The number of carbonyl (C=O) groups excluding carboxylic acids is 1. The van der Waals surface area contributed by atoms with E-state index in [9.17, 15) is 9.59 Å². The minimum absolute atomic E-state index is 0.165. The molecule has 6 nitrogen and oxygen atoms in total. The van der Waals surface area contributed by atoms with Crippen LogP contribution in [0.1, 0.15) is 60.6 Å². The van der Waals surface area contributed by atoms with Crippen molar-refractivity contribution in [1.82, 2.24) is 15.5 Å². The molecule has 3 N–H and O–H groups in total. The lowest BCUT2D eigenvalue weighted by molar-refractivity contribution is -0.137. The molecule has 2 rings (SSSR count). The second-order valence-electron chi connectivity index (χ2n) is 4.94. The lowest BCUT2D eigenvalue weighted by atomic mass is 10.2. The van der Waals surface area contributed by atoms with E-state index in [1.807, 2.05) is 6.07 Å². The summed E-state index contributed by atoms with van der Waals surface area (Å²) in [7, 11) is 0. The number of carboxylic acid groups (broad SMARTS) is 1. The fourth-order valence-corrected chi connectivity index (χ4v) is 1.93. The number of amides is 1. The Morgan fingerprint density at radius 3 is 2.84 bits per heavy atom. The van der Waals surface area contributed by atoms with Crippen LogP contribution >= 0.6 is 0 Å². The Morgan fingerprint density at radius 1 is 1.37 bits per heavy atom. The van der Waals surface area contributed by atoms with Gasteiger partial charge in [0.2, 0.25) is 0 Å². The monoisotopic (exact) mass is 265 g/mol. The molecule has 6 heteroatoms. The summed E-state index contributed by atoms with van der Waals surface area (Å²) in [6.45, 7) is 0.560. The van der Waals surface area contributed by atoms with Crippen molar-refractivity contribution in [2.24, 2.45) is 0 Å². The Kier molecular flexibility index (Phi) is 4.54. The second kappa shape index (κ2) is 6.36. The Balaban J connectivity index is 1.62. The van der Waals surface area contributed by atoms with Crippen LogP contribution in [0, 0.1) is 0 Å². The van der Waals surface area contributed by atoms with E-state index in [0.29, 0.717) is 24.6 Å². The van der Waals surface area contributed by atoms with E-state index in [1.165, 1.54) is 12.8 Å². The first-order chi connectivity index (χ1) is 9.16. The topological polar surface area (TPSA) is 95.1 Å². The highest BCUT2D eigenvalue weighted by Gasteiger charge is 2.26. The predicted molar refractivity (Wildman–Crippen MR) is 69.0 cm³/mol. The van der Waals surface area contributed by atoms with Crippen molar-refractivity contribution in [3.05, 3.63) is 17.5 Å². The summed E-state index contributed by atoms with van der Waals surface area (Å²) in [4.78, 5) is 22.1. The highest BCUT2D eigenvalue weighted by atomic mass is 16.4. The van der Waals surface area contributed by atoms with Crippen LogP contribution in [0.15, 0.2) is 6.07 Å². The standard InChI is InChI=1S/C13H19N3O3/c17-12(18)4-2-1-3-7-14-13(19)11-8-10(15-16-11)9-5-6-9/h8-9H,1-7H2,(H,14,19)(H,15,16)(H,17,18). The Labute approximate surface area is 111 Å². The van der Waals surface area contributed by atoms with Crippen LogP contribution in [0.2, 0.25) is 0 Å². The normalized spacial score (nSPS) is 14.3. The van der Waals surface area contributed by atoms with Crippen molar-refractivity contribution in [3.8, 4) is 0 Å². The maximum absolute atomic E-state index is 11.8. The molecule has 0 spiro atoms. The van der Waals surface area contributed by atoms with Crippen molar-refractivity contribution in [2.75, 3.05) is 6.54 Å². The van der Waals surface area contributed by atoms with Gasteiger partial charge in [-0.3, -0.25) is 14.7 Å². The number of H-pyrrole nitrogens is 1. The van der Waals surface area contributed by atoms with Gasteiger partial charge >= 0.3 is 5.97 Å². The molecule has 1 aliphatic rings. The Morgan fingerprint density at radius 2 is 2.16 bits per heavy atom. The van der Waals surface area contributed by atoms with Crippen molar-refractivity contribution < 1.29 is 14.7 Å². The van der Waals surface area contributed by atoms with Crippen LogP contribution in [0.3, 0.4) is 0 Å². The number of aromatic amines is 1. The number of carbonyl (C=O) groups is 2. The van der Waals surface area contributed by atoms with Crippen LogP contribution in [-0.4, -0.2) is 33.7 Å². The van der Waals surface area contributed by atoms with Crippen molar-refractivity contribution >= 4 is 11.9 Å². The van der Waals surface area contributed by atoms with Crippen molar-refractivity contribution in [2.45, 2.75) is 44.4 Å². The van der Waals surface area contributed by atoms with Crippen LogP contribution in [0.5, 0.6) is 0 Å². The van der Waals surface area contributed by atoms with Crippen LogP contribution < -0.4 is 5.32 Å². The summed E-state index contributed by atoms with van der Waals surface area (Å²) in [5, 5.41) is 18.2. The maximum Gasteiger partial charge on any atom is 0.303 e. The minimum atomic E-state index is -0.770. The van der Waals surface area contributed by atoms with E-state index in [4.69, 9.17) is 5.11 Å². The highest BCUT2D eigenvalue weighted by molar-refractivity contribution is 5.92. The summed E-state index contributed by atoms with van der Waals surface area (Å²) in [6, 6.07) is 1.82. The quantitative estimate of drug-likeness (QED) is 0.623. The number of aromatic nitrogens is 2. The molecule has 1 aromatic rings. The van der Waals surface area contributed by atoms with Crippen LogP contribution in [-0.2, 0) is 4.79 Å². The van der Waals surface area contributed by atoms with Gasteiger partial charge in [-0.1, -0.05) is 6.42 Å². The number of hydrogen-bond donors (Lipinski definition) is 3. The lowest BCUT2D eigenvalue weighted by Gasteiger charge is -2.02. The van der Waals surface area contributed by atoms with E-state index in [0.717, 1.165) is 18.5 Å². The number of nitrogens with one attached hydrogen (secondary N) is 2. The molecular weight excluding hydrogens is 246 g/mol. The molecule has 1 aromatic heterocycles. The van der Waals surface area contributed by atoms with Gasteiger partial charge in [-0.25, -0.2) is 0 Å². The van der Waals surface area contributed by atoms with Gasteiger partial charge < -0.3 is 10.4 Å². The van der Waals surface area contributed by atoms with Gasteiger partial charge in [0.05, 0.1) is 0 Å². The molecule has 1 heterocycles. The fourth-order valence-electron chi connectivity index (χ4n) is 1.93. The summed E-state index contributed by atoms with van der Waals surface area (Å²) < 4.78 is 0. The van der Waals surface area contributed by atoms with Crippen molar-refractivity contribution in [1.29, 1.82) is 0 Å². The third-order valence-electron chi connectivity index (χ3n) is 3.20. The summed E-state index contributed by atoms with van der Waals surface area (Å²) in [5.41, 5.74) is 1.49. The van der Waals surface area contributed by atoms with E-state index < -0.39 is 5.97 Å². The van der Waals surface area contributed by atoms with Gasteiger partial charge in [0, 0.05) is 24.6 Å². The van der Waals surface area contributed by atoms with E-state index >= 15 is 0 Å². The molecule has 1 saturated carbocycles. The minimum Gasteiger partial charge on any atom is -0.481 e. The molecule has 0 saturated heterocycles. The molecular formula is C13H19N3O3. The van der Waals surface area contributed by atoms with Gasteiger partial charge in [0.1, 0.15) is 5.69 Å². The first-order valence-corrected chi connectivity index (χ1v) is 6.72. The first-order valence-electron chi connectivity index (χ1n) is 6.72. The average molecular weight is 265 g/mol. The average Bonchev–Trinajstić information content (AvgIpc) is 3.11. The molecule has 0 unspecified atom stereocenters. The molecule has 1 aliphatic carbocycles. The SMILES string of the molecule is O=C(O)CCCCCNC(=O)c1cc(C2CC2)[nH]n1. The molecule has 0 bridgehead atoms. The zero-order valence-corrected chi connectivity index (χ0v) is 10.8. The summed E-state index contributed by atoms with van der Waals surface area (Å²) in [5.74, 6) is -0.375. The smallest absolute Gasteiger partial charge is 0.303 e. The first kappa shape index (κ1) is 13.6. The molecule has 0 aliphatic heterocycles. The number of aliphatic carboxylic acids is 1. The van der Waals surface area contributed by atoms with E-state index in [-0.39, 0.29) is 12.3 Å². The Hall–Kier alpha value is -1.85. The number of unbranched alkanes of at least 4 members (excludes halogenated alkanes) is 2. The summed E-state index contributed by atoms with van der Waals surface area (Å²) >= 11 is 0. The number of carboxylic acids is 1. The number of nitrogens with zero attached hydrogens (tertiary/aromatic N) is 1. The molecule has 0 aromatic carbocycles. The van der Waals surface area contributed by atoms with Gasteiger partial charge in [-0.2, -0.15) is 5.10 Å². The lowest BCUT2D eigenvalue weighted by Crippen LogP contribution is -2.24. The zero-order chi connectivity index (χ0) is 13.7. The van der Waals surface area contributed by atoms with Crippen molar-refractivity contribution in [3.63, 3.8) is 0 Å². The highest BCUT2D eigenvalue weighted by Crippen LogP contribution is 2.38. The Bertz CT molecular complexity index is 452. The van der Waals surface area contributed by atoms with Crippen LogP contribution in [0.4, 0.5) is 0 Å². The maximum atomic E-state index is 11.8. The van der Waals surface area contributed by atoms with E-state index in [2.05, 4.69) is 15.5 Å². The predicted octanol–water partition coefficient (Wildman–Crippen LogP) is 1.66. The van der Waals surface area contributed by atoms with Gasteiger partial charge in [-0.15, -0.1) is 0 Å². The van der Waals surface area contributed by atoms with Gasteiger partial charge in [0.25, 0.3) is 5.91 Å². The molecule has 104 valence electrons. The molecule has 1 fully saturated rings. The molecule has 1 amide bonds. The zero-order valence-electron chi connectivity index (χ0n) is 10.8. The second-order valence-corrected chi connectivity index (χ2v) is 4.94. The molecule has 0 radical (unpaired) electrons. The third kappa shape index (κ3) is 4.39. The largest absolute Gasteiger partial charge is 0.481 e. The molecule has 0 atom stereocenters. The summed E-state index contributed by atoms with van der Waals surface area (Å²) in [6.07, 6.45) is 4.79. The number of hydrogen-bond acceptors (Lipinski definition) is 3. The van der Waals surface area contributed by atoms with E-state index in [1.54, 1.807) is 0 Å². The molecule has 19 heavy (non-hydrogen) atoms. The fraction of sp³-hybridized carbons (Fsp3) is 0.615. The van der Waals surface area contributed by atoms with Gasteiger partial charge in [-0.05, 0) is 31.7 Å². The number of rotatable bonds is 8.